The van der Waals surface area contributed by atoms with Crippen molar-refractivity contribution in [3.63, 3.8) is 0 Å². The molecule has 104 valence electrons. The number of nitrogens with one attached hydrogen (secondary N) is 1. The minimum atomic E-state index is 0.154. The average molecular weight is 261 g/mol. The van der Waals surface area contributed by atoms with Gasteiger partial charge in [-0.3, -0.25) is 9.36 Å². The van der Waals surface area contributed by atoms with Crippen molar-refractivity contribution in [3.05, 3.63) is 34.9 Å². The highest BCUT2D eigenvalue weighted by atomic mass is 15.3. The zero-order valence-corrected chi connectivity index (χ0v) is 12.4. The first-order chi connectivity index (χ1) is 9.06. The normalized spacial score (nSPS) is 12.9. The molecule has 1 N–H and O–H groups in total. The Labute approximate surface area is 114 Å². The predicted molar refractivity (Wildman–Crippen MR) is 76.0 cm³/mol. The van der Waals surface area contributed by atoms with Crippen LogP contribution in [0.25, 0.3) is 0 Å². The lowest BCUT2D eigenvalue weighted by atomic mass is 10.0. The molecule has 0 aliphatic rings. The third-order valence-corrected chi connectivity index (χ3v) is 3.61. The molecule has 19 heavy (non-hydrogen) atoms. The molecule has 2 aromatic rings. The van der Waals surface area contributed by atoms with Crippen LogP contribution in [0.5, 0.6) is 0 Å². The van der Waals surface area contributed by atoms with Crippen molar-refractivity contribution in [2.45, 2.75) is 33.2 Å². The topological polar surface area (TPSA) is 47.7 Å². The minimum Gasteiger partial charge on any atom is -0.305 e. The molecule has 1 atom stereocenters. The van der Waals surface area contributed by atoms with Crippen molar-refractivity contribution in [2.24, 2.45) is 14.1 Å². The van der Waals surface area contributed by atoms with E-state index in [-0.39, 0.29) is 6.04 Å². The number of aryl methyl sites for hydroxylation is 3. The summed E-state index contributed by atoms with van der Waals surface area (Å²) >= 11 is 0. The molecule has 5 nitrogen and oxygen atoms in total. The van der Waals surface area contributed by atoms with E-state index >= 15 is 0 Å². The van der Waals surface area contributed by atoms with Gasteiger partial charge in [-0.2, -0.15) is 10.2 Å². The molecule has 0 aliphatic carbocycles. The Kier molecular flexibility index (Phi) is 4.04. The van der Waals surface area contributed by atoms with E-state index in [9.17, 15) is 0 Å². The summed E-state index contributed by atoms with van der Waals surface area (Å²) in [6.07, 6.45) is 2.95. The zero-order chi connectivity index (χ0) is 14.0. The molecule has 0 saturated carbocycles. The van der Waals surface area contributed by atoms with Gasteiger partial charge in [-0.1, -0.05) is 6.92 Å². The first-order valence-electron chi connectivity index (χ1n) is 6.77. The molecule has 0 radical (unpaired) electrons. The maximum Gasteiger partial charge on any atom is 0.0784 e. The van der Waals surface area contributed by atoms with Crippen LogP contribution >= 0.6 is 0 Å². The van der Waals surface area contributed by atoms with Gasteiger partial charge in [0, 0.05) is 31.5 Å². The highest BCUT2D eigenvalue weighted by Gasteiger charge is 2.23. The Morgan fingerprint density at radius 3 is 2.47 bits per heavy atom. The summed E-state index contributed by atoms with van der Waals surface area (Å²) in [6, 6.07) is 2.22. The maximum atomic E-state index is 4.53. The van der Waals surface area contributed by atoms with E-state index < -0.39 is 0 Å². The first-order valence-corrected chi connectivity index (χ1v) is 6.77. The van der Waals surface area contributed by atoms with E-state index in [4.69, 9.17) is 0 Å². The van der Waals surface area contributed by atoms with Crippen LogP contribution < -0.4 is 5.32 Å². The highest BCUT2D eigenvalue weighted by Crippen LogP contribution is 2.26. The number of aromatic nitrogens is 4. The predicted octanol–water partition coefficient (Wildman–Crippen LogP) is 1.86. The van der Waals surface area contributed by atoms with Gasteiger partial charge in [-0.25, -0.2) is 0 Å². The van der Waals surface area contributed by atoms with Crippen molar-refractivity contribution < 1.29 is 0 Å². The van der Waals surface area contributed by atoms with Gasteiger partial charge >= 0.3 is 0 Å². The van der Waals surface area contributed by atoms with Crippen molar-refractivity contribution in [2.75, 3.05) is 6.54 Å². The highest BCUT2D eigenvalue weighted by molar-refractivity contribution is 5.34. The Morgan fingerprint density at radius 2 is 2.00 bits per heavy atom. The fourth-order valence-electron chi connectivity index (χ4n) is 2.52. The molecule has 0 amide bonds. The van der Waals surface area contributed by atoms with Gasteiger partial charge in [0.05, 0.1) is 17.4 Å². The first kappa shape index (κ1) is 13.8. The Hall–Kier alpha value is -1.62. The fourth-order valence-corrected chi connectivity index (χ4v) is 2.52. The summed E-state index contributed by atoms with van der Waals surface area (Å²) in [6.45, 7) is 7.34. The Bertz CT molecular complexity index is 552. The zero-order valence-electron chi connectivity index (χ0n) is 12.4. The minimum absolute atomic E-state index is 0.154. The van der Waals surface area contributed by atoms with Crippen LogP contribution in [0.1, 0.15) is 42.0 Å². The molecule has 0 aliphatic heterocycles. The standard InChI is InChI=1S/C14H23N5/c1-6-8-15-14(12-7-9-16-19(12)5)13-10(2)17-18(4)11(13)3/h7,9,14-15H,6,8H2,1-5H3. The third-order valence-electron chi connectivity index (χ3n) is 3.61. The van der Waals surface area contributed by atoms with Gasteiger partial charge in [0.1, 0.15) is 0 Å². The number of nitrogens with zero attached hydrogens (tertiary/aromatic N) is 4. The lowest BCUT2D eigenvalue weighted by Crippen LogP contribution is -2.26. The summed E-state index contributed by atoms with van der Waals surface area (Å²) in [4.78, 5) is 0. The van der Waals surface area contributed by atoms with E-state index in [2.05, 4.69) is 42.4 Å². The summed E-state index contributed by atoms with van der Waals surface area (Å²) in [5, 5.41) is 12.4. The Balaban J connectivity index is 2.46. The quantitative estimate of drug-likeness (QED) is 0.893. The molecular formula is C14H23N5. The van der Waals surface area contributed by atoms with Crippen molar-refractivity contribution >= 4 is 0 Å². The molecule has 5 heteroatoms. The fraction of sp³-hybridized carbons (Fsp3) is 0.571. The average Bonchev–Trinajstić information content (AvgIpc) is 2.88. The van der Waals surface area contributed by atoms with Gasteiger partial charge in [-0.05, 0) is 32.9 Å². The largest absolute Gasteiger partial charge is 0.305 e. The lowest BCUT2D eigenvalue weighted by Gasteiger charge is -2.19. The summed E-state index contributed by atoms with van der Waals surface area (Å²) in [5.41, 5.74) is 4.72. The lowest BCUT2D eigenvalue weighted by molar-refractivity contribution is 0.549. The van der Waals surface area contributed by atoms with E-state index in [1.54, 1.807) is 0 Å². The molecule has 0 bridgehead atoms. The number of rotatable bonds is 5. The molecule has 0 spiro atoms. The summed E-state index contributed by atoms with van der Waals surface area (Å²) in [7, 11) is 3.98. The van der Waals surface area contributed by atoms with Crippen LogP contribution in [0.2, 0.25) is 0 Å². The van der Waals surface area contributed by atoms with Gasteiger partial charge < -0.3 is 5.32 Å². The second kappa shape index (κ2) is 5.57. The summed E-state index contributed by atoms with van der Waals surface area (Å²) in [5.74, 6) is 0. The van der Waals surface area contributed by atoms with E-state index in [0.29, 0.717) is 0 Å². The van der Waals surface area contributed by atoms with Gasteiger partial charge in [0.25, 0.3) is 0 Å². The molecule has 1 unspecified atom stereocenters. The van der Waals surface area contributed by atoms with Crippen LogP contribution in [-0.2, 0) is 14.1 Å². The summed E-state index contributed by atoms with van der Waals surface area (Å²) < 4.78 is 3.88. The monoisotopic (exact) mass is 261 g/mol. The molecular weight excluding hydrogens is 238 g/mol. The van der Waals surface area contributed by atoms with Crippen LogP contribution in [0.3, 0.4) is 0 Å². The molecule has 0 saturated heterocycles. The number of hydrogen-bond acceptors (Lipinski definition) is 3. The van der Waals surface area contributed by atoms with Crippen LogP contribution in [0, 0.1) is 13.8 Å². The van der Waals surface area contributed by atoms with E-state index in [1.807, 2.05) is 29.7 Å². The second-order valence-corrected chi connectivity index (χ2v) is 4.97. The molecule has 2 rings (SSSR count). The second-order valence-electron chi connectivity index (χ2n) is 4.97. The SMILES string of the molecule is CCCNC(c1c(C)nn(C)c1C)c1ccnn1C. The molecule has 2 heterocycles. The number of hydrogen-bond donors (Lipinski definition) is 1. The van der Waals surface area contributed by atoms with Gasteiger partial charge in [0.2, 0.25) is 0 Å². The van der Waals surface area contributed by atoms with Crippen LogP contribution in [0.15, 0.2) is 12.3 Å². The van der Waals surface area contributed by atoms with Gasteiger partial charge in [0.15, 0.2) is 0 Å². The van der Waals surface area contributed by atoms with Gasteiger partial charge in [-0.15, -0.1) is 0 Å². The molecule has 0 fully saturated rings. The van der Waals surface area contributed by atoms with Crippen molar-refractivity contribution in [1.82, 2.24) is 24.9 Å². The Morgan fingerprint density at radius 1 is 1.26 bits per heavy atom. The van der Waals surface area contributed by atoms with Crippen LogP contribution in [-0.4, -0.2) is 26.1 Å². The third kappa shape index (κ3) is 2.56. The van der Waals surface area contributed by atoms with Crippen molar-refractivity contribution in [3.8, 4) is 0 Å². The van der Waals surface area contributed by atoms with Crippen molar-refractivity contribution in [1.29, 1.82) is 0 Å². The van der Waals surface area contributed by atoms with E-state index in [1.165, 1.54) is 17.0 Å². The molecule has 0 aromatic carbocycles. The smallest absolute Gasteiger partial charge is 0.0784 e. The van der Waals surface area contributed by atoms with E-state index in [0.717, 1.165) is 18.7 Å². The molecule has 2 aromatic heterocycles. The maximum absolute atomic E-state index is 4.53. The van der Waals surface area contributed by atoms with Crippen LogP contribution in [0.4, 0.5) is 0 Å².